The van der Waals surface area contributed by atoms with Crippen LogP contribution in [0.2, 0.25) is 5.02 Å². The van der Waals surface area contributed by atoms with Crippen molar-refractivity contribution in [2.75, 3.05) is 31.6 Å². The molecule has 144 valence electrons. The van der Waals surface area contributed by atoms with Crippen molar-refractivity contribution in [3.05, 3.63) is 58.4 Å². The maximum atomic E-state index is 14.0. The van der Waals surface area contributed by atoms with Crippen LogP contribution in [0.25, 0.3) is 0 Å². The van der Waals surface area contributed by atoms with Crippen LogP contribution in [0.3, 0.4) is 0 Å². The Morgan fingerprint density at radius 2 is 1.89 bits per heavy atom. The van der Waals surface area contributed by atoms with Crippen molar-refractivity contribution >= 4 is 33.2 Å². The van der Waals surface area contributed by atoms with Gasteiger partial charge in [0.15, 0.2) is 0 Å². The molecule has 9 heteroatoms. The summed E-state index contributed by atoms with van der Waals surface area (Å²) in [6.45, 7) is 2.75. The van der Waals surface area contributed by atoms with E-state index in [2.05, 4.69) is 5.32 Å². The van der Waals surface area contributed by atoms with Gasteiger partial charge in [-0.25, -0.2) is 12.8 Å². The highest BCUT2D eigenvalue weighted by molar-refractivity contribution is 7.89. The third-order valence-corrected chi connectivity index (χ3v) is 6.53. The van der Waals surface area contributed by atoms with Gasteiger partial charge in [0.25, 0.3) is 5.91 Å². The summed E-state index contributed by atoms with van der Waals surface area (Å²) in [5.74, 6) is -1.20. The van der Waals surface area contributed by atoms with E-state index in [1.807, 2.05) is 0 Å². The van der Waals surface area contributed by atoms with E-state index in [1.165, 1.54) is 34.6 Å². The number of aryl methyl sites for hydroxylation is 1. The highest BCUT2D eigenvalue weighted by Gasteiger charge is 2.29. The zero-order chi connectivity index (χ0) is 19.6. The van der Waals surface area contributed by atoms with Crippen molar-refractivity contribution in [2.24, 2.45) is 0 Å². The number of ether oxygens (including phenoxy) is 1. The number of sulfonamides is 1. The number of carbonyl (C=O) groups is 1. The number of carbonyl (C=O) groups excluding carboxylic acids is 1. The number of nitrogens with one attached hydrogen (secondary N) is 1. The quantitative estimate of drug-likeness (QED) is 0.837. The molecule has 1 N–H and O–H groups in total. The third-order valence-electron chi connectivity index (χ3n) is 4.15. The first-order valence-corrected chi connectivity index (χ1v) is 10.1. The van der Waals surface area contributed by atoms with E-state index >= 15 is 0 Å². The second kappa shape index (κ2) is 7.93. The van der Waals surface area contributed by atoms with Gasteiger partial charge >= 0.3 is 0 Å². The molecule has 1 heterocycles. The van der Waals surface area contributed by atoms with E-state index in [1.54, 1.807) is 13.0 Å². The highest BCUT2D eigenvalue weighted by atomic mass is 35.5. The summed E-state index contributed by atoms with van der Waals surface area (Å²) in [6, 6.07) is 8.34. The molecule has 0 saturated carbocycles. The predicted octanol–water partition coefficient (Wildman–Crippen LogP) is 3.06. The molecule has 2 aromatic rings. The predicted molar refractivity (Wildman–Crippen MR) is 100 cm³/mol. The van der Waals surface area contributed by atoms with E-state index in [0.29, 0.717) is 13.2 Å². The number of hydrogen-bond acceptors (Lipinski definition) is 4. The van der Waals surface area contributed by atoms with Gasteiger partial charge in [0.1, 0.15) is 10.7 Å². The number of anilines is 1. The number of nitrogens with zero attached hydrogens (tertiary/aromatic N) is 1. The smallest absolute Gasteiger partial charge is 0.255 e. The molecule has 0 bridgehead atoms. The minimum Gasteiger partial charge on any atom is -0.379 e. The maximum absolute atomic E-state index is 14.0. The molecule has 0 aliphatic carbocycles. The standard InChI is InChI=1S/C18H18ClFN2O4S/c1-12-2-5-16(15(20)10-12)21-18(23)13-3-4-14(19)17(11-13)27(24,25)22-6-8-26-9-7-22/h2-5,10-11H,6-9H2,1H3,(H,21,23). The molecule has 0 aromatic heterocycles. The lowest BCUT2D eigenvalue weighted by molar-refractivity contribution is 0.0730. The molecule has 6 nitrogen and oxygen atoms in total. The van der Waals surface area contributed by atoms with Gasteiger partial charge in [0, 0.05) is 18.7 Å². The van der Waals surface area contributed by atoms with Gasteiger partial charge in [-0.15, -0.1) is 0 Å². The lowest BCUT2D eigenvalue weighted by atomic mass is 10.2. The number of halogens is 2. The lowest BCUT2D eigenvalue weighted by Gasteiger charge is -2.26. The van der Waals surface area contributed by atoms with Gasteiger partial charge in [0.2, 0.25) is 10.0 Å². The van der Waals surface area contributed by atoms with Crippen LogP contribution in [0.1, 0.15) is 15.9 Å². The van der Waals surface area contributed by atoms with Crippen LogP contribution in [0.5, 0.6) is 0 Å². The van der Waals surface area contributed by atoms with Crippen LogP contribution < -0.4 is 5.32 Å². The van der Waals surface area contributed by atoms with Crippen molar-refractivity contribution in [1.29, 1.82) is 0 Å². The highest BCUT2D eigenvalue weighted by Crippen LogP contribution is 2.27. The Morgan fingerprint density at radius 3 is 2.56 bits per heavy atom. The van der Waals surface area contributed by atoms with Crippen molar-refractivity contribution in [3.63, 3.8) is 0 Å². The minimum atomic E-state index is -3.87. The van der Waals surface area contributed by atoms with Gasteiger partial charge in [-0.3, -0.25) is 4.79 Å². The Balaban J connectivity index is 1.89. The molecule has 1 amide bonds. The fourth-order valence-corrected chi connectivity index (χ4v) is 4.59. The molecule has 2 aromatic carbocycles. The maximum Gasteiger partial charge on any atom is 0.255 e. The molecule has 27 heavy (non-hydrogen) atoms. The number of rotatable bonds is 4. The molecule has 0 atom stereocenters. The summed E-state index contributed by atoms with van der Waals surface area (Å²) >= 11 is 6.08. The SMILES string of the molecule is Cc1ccc(NC(=O)c2ccc(Cl)c(S(=O)(=O)N3CCOCC3)c2)c(F)c1. The first-order chi connectivity index (χ1) is 12.8. The fraction of sp³-hybridized carbons (Fsp3) is 0.278. The molecule has 3 rings (SSSR count). The number of hydrogen-bond donors (Lipinski definition) is 1. The van der Waals surface area contributed by atoms with Crippen LogP contribution in [-0.4, -0.2) is 44.9 Å². The fourth-order valence-electron chi connectivity index (χ4n) is 2.68. The minimum absolute atomic E-state index is 0.0122. The van der Waals surface area contributed by atoms with Crippen LogP contribution in [0.15, 0.2) is 41.3 Å². The molecule has 1 saturated heterocycles. The molecule has 1 aliphatic heterocycles. The first kappa shape index (κ1) is 19.8. The summed E-state index contributed by atoms with van der Waals surface area (Å²) in [7, 11) is -3.87. The van der Waals surface area contributed by atoms with E-state index in [-0.39, 0.29) is 34.3 Å². The molecule has 1 aliphatic rings. The Morgan fingerprint density at radius 1 is 1.19 bits per heavy atom. The Kier molecular flexibility index (Phi) is 5.81. The molecular formula is C18H18ClFN2O4S. The van der Waals surface area contributed by atoms with Crippen molar-refractivity contribution in [3.8, 4) is 0 Å². The van der Waals surface area contributed by atoms with E-state index < -0.39 is 21.7 Å². The number of amides is 1. The molecule has 0 radical (unpaired) electrons. The normalized spacial score (nSPS) is 15.5. The zero-order valence-electron chi connectivity index (χ0n) is 14.5. The van der Waals surface area contributed by atoms with Gasteiger partial charge in [0.05, 0.1) is 23.9 Å². The number of morpholine rings is 1. The van der Waals surface area contributed by atoms with Crippen LogP contribution in [0.4, 0.5) is 10.1 Å². The van der Waals surface area contributed by atoms with E-state index in [9.17, 15) is 17.6 Å². The summed E-state index contributed by atoms with van der Waals surface area (Å²) in [5, 5.41) is 2.46. The Bertz CT molecular complexity index is 975. The Hall–Kier alpha value is -2.00. The lowest BCUT2D eigenvalue weighted by Crippen LogP contribution is -2.40. The molecule has 0 spiro atoms. The zero-order valence-corrected chi connectivity index (χ0v) is 16.1. The van der Waals surface area contributed by atoms with Gasteiger partial charge in [-0.2, -0.15) is 4.31 Å². The van der Waals surface area contributed by atoms with E-state index in [4.69, 9.17) is 16.3 Å². The summed E-state index contributed by atoms with van der Waals surface area (Å²) in [6.07, 6.45) is 0. The second-order valence-electron chi connectivity index (χ2n) is 6.10. The van der Waals surface area contributed by atoms with Crippen LogP contribution in [0, 0.1) is 12.7 Å². The van der Waals surface area contributed by atoms with Crippen LogP contribution in [-0.2, 0) is 14.8 Å². The summed E-state index contributed by atoms with van der Waals surface area (Å²) in [5.41, 5.74) is 0.792. The first-order valence-electron chi connectivity index (χ1n) is 8.24. The van der Waals surface area contributed by atoms with Crippen LogP contribution >= 0.6 is 11.6 Å². The molecule has 1 fully saturated rings. The average Bonchev–Trinajstić information content (AvgIpc) is 2.65. The second-order valence-corrected chi connectivity index (χ2v) is 8.41. The molecule has 0 unspecified atom stereocenters. The van der Waals surface area contributed by atoms with Crippen molar-refractivity contribution in [1.82, 2.24) is 4.31 Å². The third kappa shape index (κ3) is 4.30. The summed E-state index contributed by atoms with van der Waals surface area (Å²) < 4.78 is 46.0. The monoisotopic (exact) mass is 412 g/mol. The Labute approximate surface area is 161 Å². The van der Waals surface area contributed by atoms with Crippen molar-refractivity contribution < 1.29 is 22.3 Å². The van der Waals surface area contributed by atoms with E-state index in [0.717, 1.165) is 5.56 Å². The largest absolute Gasteiger partial charge is 0.379 e. The topological polar surface area (TPSA) is 75.7 Å². The number of benzene rings is 2. The average molecular weight is 413 g/mol. The van der Waals surface area contributed by atoms with Gasteiger partial charge < -0.3 is 10.1 Å². The van der Waals surface area contributed by atoms with Gasteiger partial charge in [-0.05, 0) is 42.8 Å². The van der Waals surface area contributed by atoms with Crippen molar-refractivity contribution in [2.45, 2.75) is 11.8 Å². The molecular weight excluding hydrogens is 395 g/mol. The van der Waals surface area contributed by atoms with Gasteiger partial charge in [-0.1, -0.05) is 17.7 Å². The summed E-state index contributed by atoms with van der Waals surface area (Å²) in [4.78, 5) is 12.3.